The molecule has 2 N–H and O–H groups in total. The molecule has 8 heteroatoms. The van der Waals surface area contributed by atoms with E-state index in [9.17, 15) is 15.0 Å². The van der Waals surface area contributed by atoms with Crippen LogP contribution in [0.15, 0.2) is 66.7 Å². The molecule has 0 unspecified atom stereocenters. The number of rotatable bonds is 4. The van der Waals surface area contributed by atoms with Crippen LogP contribution in [0.3, 0.4) is 0 Å². The summed E-state index contributed by atoms with van der Waals surface area (Å²) in [7, 11) is 1.31. The lowest BCUT2D eigenvalue weighted by Gasteiger charge is -2.10. The van der Waals surface area contributed by atoms with Crippen molar-refractivity contribution in [2.45, 2.75) is 55.4 Å². The number of esters is 1. The predicted octanol–water partition coefficient (Wildman–Crippen LogP) is 8.83. The highest BCUT2D eigenvalue weighted by Gasteiger charge is 2.17. The summed E-state index contributed by atoms with van der Waals surface area (Å²) in [5.41, 5.74) is 1.71. The summed E-state index contributed by atoms with van der Waals surface area (Å²) in [5, 5.41) is 21.0. The van der Waals surface area contributed by atoms with Gasteiger partial charge in [-0.25, -0.2) is 19.7 Å². The van der Waals surface area contributed by atoms with Crippen molar-refractivity contribution in [2.75, 3.05) is 7.11 Å². The van der Waals surface area contributed by atoms with Crippen molar-refractivity contribution in [3.8, 4) is 45.7 Å². The highest BCUT2D eigenvalue weighted by molar-refractivity contribution is 6.30. The van der Waals surface area contributed by atoms with Crippen LogP contribution in [0.2, 0.25) is 5.02 Å². The molecule has 0 aliphatic rings. The first-order chi connectivity index (χ1) is 19.0. The van der Waals surface area contributed by atoms with E-state index in [1.54, 1.807) is 54.6 Å². The molecule has 0 spiro atoms. The first-order valence-corrected chi connectivity index (χ1v) is 13.6. The average Bonchev–Trinajstić information content (AvgIpc) is 3.02. The number of phenols is 2. The van der Waals surface area contributed by atoms with Crippen LogP contribution in [0, 0.1) is 0 Å². The van der Waals surface area contributed by atoms with Crippen molar-refractivity contribution >= 4 is 17.6 Å². The summed E-state index contributed by atoms with van der Waals surface area (Å²) in [6.45, 7) is 16.0. The molecular weight excluding hydrogens is 514 g/mol. The maximum absolute atomic E-state index is 11.7. The zero-order valence-corrected chi connectivity index (χ0v) is 25.0. The van der Waals surface area contributed by atoms with Crippen LogP contribution in [0.25, 0.3) is 34.2 Å². The quantitative estimate of drug-likeness (QED) is 0.243. The summed E-state index contributed by atoms with van der Waals surface area (Å²) in [6, 6.07) is 17.8. The van der Waals surface area contributed by atoms with E-state index in [0.717, 1.165) is 0 Å². The van der Waals surface area contributed by atoms with E-state index in [1.807, 2.05) is 55.4 Å². The number of aromatic nitrogens is 3. The van der Waals surface area contributed by atoms with Crippen LogP contribution in [-0.4, -0.2) is 38.2 Å². The van der Waals surface area contributed by atoms with Gasteiger partial charge in [0.25, 0.3) is 0 Å². The minimum Gasteiger partial charge on any atom is -0.507 e. The van der Waals surface area contributed by atoms with Gasteiger partial charge in [-0.15, -0.1) is 0 Å². The first kappa shape index (κ1) is 35.0. The van der Waals surface area contributed by atoms with Crippen molar-refractivity contribution in [1.29, 1.82) is 0 Å². The Morgan fingerprint density at radius 2 is 1.15 bits per heavy atom. The highest BCUT2D eigenvalue weighted by Crippen LogP contribution is 2.33. The lowest BCUT2D eigenvalue weighted by atomic mass is 10.1. The number of nitrogens with zero attached hydrogens (tertiary/aromatic N) is 3. The van der Waals surface area contributed by atoms with Crippen LogP contribution < -0.4 is 0 Å². The Labute approximate surface area is 237 Å². The second-order valence-electron chi connectivity index (χ2n) is 6.55. The van der Waals surface area contributed by atoms with Gasteiger partial charge in [-0.1, -0.05) is 91.3 Å². The minimum atomic E-state index is -0.457. The molecule has 0 atom stereocenters. The third-order valence-corrected chi connectivity index (χ3v) is 4.78. The van der Waals surface area contributed by atoms with Gasteiger partial charge in [-0.05, 0) is 42.5 Å². The van der Waals surface area contributed by atoms with E-state index in [4.69, 9.17) is 16.3 Å². The molecule has 0 aliphatic heterocycles. The molecule has 0 amide bonds. The summed E-state index contributed by atoms with van der Waals surface area (Å²) in [5.74, 6) is 0.184. The van der Waals surface area contributed by atoms with Crippen LogP contribution >= 0.6 is 11.6 Å². The van der Waals surface area contributed by atoms with Crippen LogP contribution in [0.5, 0.6) is 11.5 Å². The predicted molar refractivity (Wildman–Crippen MR) is 161 cm³/mol. The molecule has 7 nitrogen and oxygen atoms in total. The van der Waals surface area contributed by atoms with Gasteiger partial charge in [0.2, 0.25) is 0 Å². The maximum atomic E-state index is 11.7. The van der Waals surface area contributed by atoms with E-state index in [-0.39, 0.29) is 23.1 Å². The third-order valence-electron chi connectivity index (χ3n) is 4.54. The monoisotopic (exact) mass is 553 g/mol. The fourth-order valence-electron chi connectivity index (χ4n) is 2.97. The van der Waals surface area contributed by atoms with Gasteiger partial charge < -0.3 is 14.9 Å². The van der Waals surface area contributed by atoms with Crippen molar-refractivity contribution in [3.63, 3.8) is 0 Å². The topological polar surface area (TPSA) is 105 Å². The number of carbonyl (C=O) groups is 1. The number of phenolic OH excluding ortho intramolecular Hbond substituents is 2. The molecule has 39 heavy (non-hydrogen) atoms. The second-order valence-corrected chi connectivity index (χ2v) is 6.99. The van der Waals surface area contributed by atoms with Crippen molar-refractivity contribution in [1.82, 2.24) is 15.0 Å². The van der Waals surface area contributed by atoms with E-state index in [0.29, 0.717) is 33.1 Å². The Morgan fingerprint density at radius 3 is 1.69 bits per heavy atom. The number of para-hydroxylation sites is 1. The van der Waals surface area contributed by atoms with Gasteiger partial charge in [0.1, 0.15) is 11.5 Å². The molecule has 1 aromatic heterocycles. The zero-order valence-electron chi connectivity index (χ0n) is 24.3. The average molecular weight is 554 g/mol. The van der Waals surface area contributed by atoms with Gasteiger partial charge in [0, 0.05) is 10.6 Å². The van der Waals surface area contributed by atoms with Gasteiger partial charge in [-0.2, -0.15) is 0 Å². The van der Waals surface area contributed by atoms with E-state index in [1.165, 1.54) is 19.2 Å². The Morgan fingerprint density at radius 1 is 0.667 bits per heavy atom. The summed E-state index contributed by atoms with van der Waals surface area (Å²) >= 11 is 6.10. The standard InChI is InChI=1S/C23H16ClN3O4.4C2H6/c1-31-23(30)14-8-6-13(7-9-14)20-25-21(16-4-2-3-5-18(16)28)27-22(26-20)17-12-15(24)10-11-19(17)29;4*1-2/h2-12,28-29H,1H3;4*1-2H3. The molecule has 4 aromatic rings. The van der Waals surface area contributed by atoms with Crippen LogP contribution in [-0.2, 0) is 4.74 Å². The van der Waals surface area contributed by atoms with Gasteiger partial charge in [-0.3, -0.25) is 0 Å². The summed E-state index contributed by atoms with van der Waals surface area (Å²) < 4.78 is 4.73. The molecule has 0 bridgehead atoms. The number of aromatic hydroxyl groups is 2. The number of ether oxygens (including phenoxy) is 1. The number of methoxy groups -OCH3 is 1. The maximum Gasteiger partial charge on any atom is 0.337 e. The Bertz CT molecular complexity index is 1280. The molecule has 0 fully saturated rings. The Balaban J connectivity index is 0.00000166. The molecule has 0 aliphatic carbocycles. The number of carbonyl (C=O) groups excluding carboxylic acids is 1. The lowest BCUT2D eigenvalue weighted by Crippen LogP contribution is -2.02. The van der Waals surface area contributed by atoms with Crippen molar-refractivity contribution in [2.24, 2.45) is 0 Å². The van der Waals surface area contributed by atoms with Gasteiger partial charge in [0.05, 0.1) is 23.8 Å². The van der Waals surface area contributed by atoms with E-state index in [2.05, 4.69) is 15.0 Å². The molecule has 0 saturated carbocycles. The lowest BCUT2D eigenvalue weighted by molar-refractivity contribution is 0.0600. The Kier molecular flexibility index (Phi) is 17.2. The van der Waals surface area contributed by atoms with Crippen LogP contribution in [0.4, 0.5) is 0 Å². The van der Waals surface area contributed by atoms with E-state index < -0.39 is 5.97 Å². The van der Waals surface area contributed by atoms with Crippen molar-refractivity contribution < 1.29 is 19.7 Å². The molecule has 0 radical (unpaired) electrons. The third kappa shape index (κ3) is 9.69. The fourth-order valence-corrected chi connectivity index (χ4v) is 3.14. The van der Waals surface area contributed by atoms with Crippen LogP contribution in [0.1, 0.15) is 65.7 Å². The number of halogens is 1. The number of hydrogen-bond acceptors (Lipinski definition) is 7. The smallest absolute Gasteiger partial charge is 0.337 e. The summed E-state index contributed by atoms with van der Waals surface area (Å²) in [6.07, 6.45) is 0. The fraction of sp³-hybridized carbons (Fsp3) is 0.290. The highest BCUT2D eigenvalue weighted by atomic mass is 35.5. The largest absolute Gasteiger partial charge is 0.507 e. The summed E-state index contributed by atoms with van der Waals surface area (Å²) in [4.78, 5) is 25.1. The van der Waals surface area contributed by atoms with E-state index >= 15 is 0 Å². The molecule has 0 saturated heterocycles. The van der Waals surface area contributed by atoms with Gasteiger partial charge >= 0.3 is 5.97 Å². The molecule has 1 heterocycles. The molecular formula is C31H40ClN3O4. The Hall–Kier alpha value is -3.97. The molecule has 210 valence electrons. The number of benzene rings is 3. The minimum absolute atomic E-state index is 0.00181. The number of hydrogen-bond donors (Lipinski definition) is 2. The molecule has 3 aromatic carbocycles. The normalized spacial score (nSPS) is 9.08. The zero-order chi connectivity index (χ0) is 30.0. The second kappa shape index (κ2) is 19.2. The van der Waals surface area contributed by atoms with Gasteiger partial charge in [0.15, 0.2) is 17.5 Å². The van der Waals surface area contributed by atoms with Crippen molar-refractivity contribution in [3.05, 3.63) is 77.3 Å². The molecule has 4 rings (SSSR count). The SMILES string of the molecule is CC.CC.CC.CC.COC(=O)c1ccc(-c2nc(-c3ccccc3O)nc(-c3cc(Cl)ccc3O)n2)cc1. The first-order valence-electron chi connectivity index (χ1n) is 13.2.